The number of allylic oxidation sites excluding steroid dienone is 3. The fourth-order valence-electron chi connectivity index (χ4n) is 3.22. The van der Waals surface area contributed by atoms with Crippen molar-refractivity contribution >= 4 is 0 Å². The number of hydrogen-bond donors (Lipinski definition) is 0. The van der Waals surface area contributed by atoms with Crippen molar-refractivity contribution in [2.75, 3.05) is 26.4 Å². The molecule has 0 aromatic heterocycles. The number of ether oxygens (including phenoxy) is 4. The van der Waals surface area contributed by atoms with Crippen molar-refractivity contribution in [3.63, 3.8) is 0 Å². The van der Waals surface area contributed by atoms with Crippen LogP contribution in [-0.2, 0) is 18.9 Å². The van der Waals surface area contributed by atoms with Gasteiger partial charge in [0.15, 0.2) is 12.6 Å². The molecule has 2 aliphatic heterocycles. The van der Waals surface area contributed by atoms with Crippen LogP contribution in [-0.4, -0.2) is 39.0 Å². The third-order valence-corrected chi connectivity index (χ3v) is 4.53. The lowest BCUT2D eigenvalue weighted by molar-refractivity contribution is -0.287. The maximum atomic E-state index is 13.1. The van der Waals surface area contributed by atoms with Gasteiger partial charge in [-0.2, -0.15) is 0 Å². The normalized spacial score (nSPS) is 40.6. The molecule has 2 fully saturated rings. The Labute approximate surface area is 131 Å². The van der Waals surface area contributed by atoms with Crippen LogP contribution in [0.4, 0.5) is 4.39 Å². The van der Waals surface area contributed by atoms with Crippen LogP contribution in [0.25, 0.3) is 0 Å². The molecule has 22 heavy (non-hydrogen) atoms. The van der Waals surface area contributed by atoms with Crippen LogP contribution in [0.3, 0.4) is 0 Å². The Morgan fingerprint density at radius 2 is 1.64 bits per heavy atom. The predicted octanol–water partition coefficient (Wildman–Crippen LogP) is 3.19. The van der Waals surface area contributed by atoms with Gasteiger partial charge in [0.25, 0.3) is 0 Å². The van der Waals surface area contributed by atoms with Gasteiger partial charge in [-0.1, -0.05) is 18.2 Å². The standard InChI is InChI=1S/C17H25FO4/c1-2-3-12-8-19-17(20-9-12)14-10-21-16(22-11-14)13-4-6-15(18)7-5-13/h2-3,6,12-14,16-17H,4-5,7-11H2,1H3/b3-2+. The van der Waals surface area contributed by atoms with Gasteiger partial charge in [-0.15, -0.1) is 0 Å². The Kier molecular flexibility index (Phi) is 5.63. The van der Waals surface area contributed by atoms with E-state index < -0.39 is 0 Å². The van der Waals surface area contributed by atoms with Crippen LogP contribution in [0.1, 0.15) is 26.2 Å². The number of rotatable bonds is 3. The van der Waals surface area contributed by atoms with Gasteiger partial charge in [-0.05, 0) is 26.2 Å². The van der Waals surface area contributed by atoms with E-state index in [1.54, 1.807) is 6.08 Å². The predicted molar refractivity (Wildman–Crippen MR) is 79.7 cm³/mol. The van der Waals surface area contributed by atoms with E-state index >= 15 is 0 Å². The van der Waals surface area contributed by atoms with Crippen molar-refractivity contribution in [3.8, 4) is 0 Å². The maximum absolute atomic E-state index is 13.1. The summed E-state index contributed by atoms with van der Waals surface area (Å²) in [6, 6.07) is 0. The second-order valence-corrected chi connectivity index (χ2v) is 6.30. The Hall–Kier alpha value is -0.750. The van der Waals surface area contributed by atoms with Crippen LogP contribution in [0.15, 0.2) is 24.1 Å². The lowest BCUT2D eigenvalue weighted by Crippen LogP contribution is -2.46. The van der Waals surface area contributed by atoms with Crippen LogP contribution in [0.5, 0.6) is 0 Å². The molecule has 3 aliphatic rings. The molecule has 4 nitrogen and oxygen atoms in total. The molecular weight excluding hydrogens is 287 g/mol. The molecule has 1 atom stereocenters. The molecule has 2 saturated heterocycles. The van der Waals surface area contributed by atoms with Crippen LogP contribution in [0.2, 0.25) is 0 Å². The molecule has 124 valence electrons. The van der Waals surface area contributed by atoms with E-state index in [4.69, 9.17) is 18.9 Å². The van der Waals surface area contributed by atoms with Crippen molar-refractivity contribution in [3.05, 3.63) is 24.1 Å². The van der Waals surface area contributed by atoms with Crippen LogP contribution >= 0.6 is 0 Å². The van der Waals surface area contributed by atoms with E-state index in [0.29, 0.717) is 45.2 Å². The largest absolute Gasteiger partial charge is 0.352 e. The molecule has 2 heterocycles. The highest BCUT2D eigenvalue weighted by Crippen LogP contribution is 2.32. The topological polar surface area (TPSA) is 36.9 Å². The SMILES string of the molecule is C/C=C/C1COC(C2COC(C3CC=C(F)CC3)OC2)OC1. The Bertz CT molecular complexity index is 407. The number of hydrogen-bond acceptors (Lipinski definition) is 4. The highest BCUT2D eigenvalue weighted by atomic mass is 19.1. The molecule has 0 saturated carbocycles. The fourth-order valence-corrected chi connectivity index (χ4v) is 3.22. The second-order valence-electron chi connectivity index (χ2n) is 6.30. The van der Waals surface area contributed by atoms with Gasteiger partial charge < -0.3 is 18.9 Å². The molecule has 0 amide bonds. The smallest absolute Gasteiger partial charge is 0.164 e. The molecule has 5 heteroatoms. The summed E-state index contributed by atoms with van der Waals surface area (Å²) in [5, 5.41) is 0. The molecule has 0 aromatic carbocycles. The van der Waals surface area contributed by atoms with Gasteiger partial charge in [0.2, 0.25) is 0 Å². The Morgan fingerprint density at radius 3 is 2.23 bits per heavy atom. The van der Waals surface area contributed by atoms with Gasteiger partial charge in [0.1, 0.15) is 0 Å². The first-order chi connectivity index (χ1) is 10.8. The van der Waals surface area contributed by atoms with E-state index in [1.165, 1.54) is 0 Å². The first-order valence-corrected chi connectivity index (χ1v) is 8.20. The summed E-state index contributed by atoms with van der Waals surface area (Å²) in [6.45, 7) is 4.52. The summed E-state index contributed by atoms with van der Waals surface area (Å²) in [7, 11) is 0. The van der Waals surface area contributed by atoms with Crippen molar-refractivity contribution in [2.24, 2.45) is 17.8 Å². The van der Waals surface area contributed by atoms with E-state index in [-0.39, 0.29) is 30.2 Å². The van der Waals surface area contributed by atoms with Gasteiger partial charge in [0.05, 0.1) is 38.2 Å². The first-order valence-electron chi connectivity index (χ1n) is 8.20. The zero-order valence-electron chi connectivity index (χ0n) is 13.1. The number of halogens is 1. The fraction of sp³-hybridized carbons (Fsp3) is 0.765. The minimum atomic E-state index is -0.244. The summed E-state index contributed by atoms with van der Waals surface area (Å²) in [4.78, 5) is 0. The minimum Gasteiger partial charge on any atom is -0.352 e. The molecular formula is C17H25FO4. The lowest BCUT2D eigenvalue weighted by Gasteiger charge is -2.39. The molecule has 1 aliphatic carbocycles. The monoisotopic (exact) mass is 312 g/mol. The molecule has 0 radical (unpaired) electrons. The Balaban J connectivity index is 1.42. The zero-order valence-corrected chi connectivity index (χ0v) is 13.1. The molecule has 3 rings (SSSR count). The Morgan fingerprint density at radius 1 is 1.00 bits per heavy atom. The summed E-state index contributed by atoms with van der Waals surface area (Å²) in [6.07, 6.45) is 7.31. The minimum absolute atomic E-state index is 0.00961. The van der Waals surface area contributed by atoms with Gasteiger partial charge in [-0.25, -0.2) is 4.39 Å². The maximum Gasteiger partial charge on any atom is 0.164 e. The van der Waals surface area contributed by atoms with E-state index in [0.717, 1.165) is 6.42 Å². The molecule has 0 N–H and O–H groups in total. The van der Waals surface area contributed by atoms with E-state index in [1.807, 2.05) is 13.0 Å². The lowest BCUT2D eigenvalue weighted by atomic mass is 9.92. The third kappa shape index (κ3) is 3.96. The average Bonchev–Trinajstić information content (AvgIpc) is 2.57. The van der Waals surface area contributed by atoms with E-state index in [2.05, 4.69) is 6.08 Å². The van der Waals surface area contributed by atoms with Crippen molar-refractivity contribution in [1.82, 2.24) is 0 Å². The van der Waals surface area contributed by atoms with Gasteiger partial charge in [0, 0.05) is 11.8 Å². The average molecular weight is 312 g/mol. The van der Waals surface area contributed by atoms with Crippen molar-refractivity contribution < 1.29 is 23.3 Å². The van der Waals surface area contributed by atoms with Gasteiger partial charge in [-0.3, -0.25) is 0 Å². The molecule has 0 bridgehead atoms. The molecule has 0 aromatic rings. The zero-order chi connectivity index (χ0) is 15.4. The first kappa shape index (κ1) is 16.1. The molecule has 1 unspecified atom stereocenters. The highest BCUT2D eigenvalue weighted by Gasteiger charge is 2.36. The summed E-state index contributed by atoms with van der Waals surface area (Å²) in [5.74, 6) is 0.694. The highest BCUT2D eigenvalue weighted by molar-refractivity contribution is 4.98. The van der Waals surface area contributed by atoms with E-state index in [9.17, 15) is 4.39 Å². The third-order valence-electron chi connectivity index (χ3n) is 4.53. The van der Waals surface area contributed by atoms with Crippen LogP contribution in [0, 0.1) is 17.8 Å². The molecule has 0 spiro atoms. The summed E-state index contributed by atoms with van der Waals surface area (Å²) >= 11 is 0. The quantitative estimate of drug-likeness (QED) is 0.750. The second kappa shape index (κ2) is 7.68. The van der Waals surface area contributed by atoms with Crippen molar-refractivity contribution in [1.29, 1.82) is 0 Å². The summed E-state index contributed by atoms with van der Waals surface area (Å²) in [5.41, 5.74) is 0. The van der Waals surface area contributed by atoms with Gasteiger partial charge >= 0.3 is 0 Å². The van der Waals surface area contributed by atoms with Crippen molar-refractivity contribution in [2.45, 2.75) is 38.8 Å². The summed E-state index contributed by atoms with van der Waals surface area (Å²) < 4.78 is 36.3. The van der Waals surface area contributed by atoms with Crippen LogP contribution < -0.4 is 0 Å².